The maximum absolute atomic E-state index is 10.1. The van der Waals surface area contributed by atoms with E-state index in [1.807, 2.05) is 45.9 Å². The molecule has 0 aliphatic heterocycles. The summed E-state index contributed by atoms with van der Waals surface area (Å²) in [5.74, 6) is 0.00254. The van der Waals surface area contributed by atoms with E-state index in [9.17, 15) is 5.11 Å². The second-order valence-electron chi connectivity index (χ2n) is 5.67. The van der Waals surface area contributed by atoms with Crippen LogP contribution in [0.25, 0.3) is 21.5 Å². The number of azo groups is 1. The number of phenols is 1. The molecule has 0 radical (unpaired) electrons. The van der Waals surface area contributed by atoms with Crippen molar-refractivity contribution in [2.24, 2.45) is 10.2 Å². The fourth-order valence-electron chi connectivity index (χ4n) is 2.74. The SMILES string of the molecule is CC.CC.CN=Nc1c(SOOO)cc2ccccc2c1O.c1ccc2ccccc2c1. The zero-order chi connectivity index (χ0) is 23.8. The fraction of sp³-hybridized carbons (Fsp3) is 0.200. The average Bonchev–Trinajstić information content (AvgIpc) is 2.88. The summed E-state index contributed by atoms with van der Waals surface area (Å²) < 4.78 is 4.37. The first-order valence-electron chi connectivity index (χ1n) is 10.4. The molecular formula is C25H30N2O4S. The molecule has 4 aromatic rings. The van der Waals surface area contributed by atoms with Crippen molar-refractivity contribution in [3.63, 3.8) is 0 Å². The van der Waals surface area contributed by atoms with Gasteiger partial charge in [-0.2, -0.15) is 10.2 Å². The predicted octanol–water partition coefficient (Wildman–Crippen LogP) is 8.58. The van der Waals surface area contributed by atoms with Crippen LogP contribution in [0.4, 0.5) is 5.69 Å². The molecule has 170 valence electrons. The summed E-state index contributed by atoms with van der Waals surface area (Å²) in [6.45, 7) is 8.00. The normalized spacial score (nSPS) is 9.94. The third-order valence-electron chi connectivity index (χ3n) is 3.97. The van der Waals surface area contributed by atoms with Gasteiger partial charge in [0.25, 0.3) is 0 Å². The van der Waals surface area contributed by atoms with Crippen LogP contribution in [-0.4, -0.2) is 17.4 Å². The van der Waals surface area contributed by atoms with Crippen LogP contribution >= 0.6 is 12.0 Å². The molecule has 0 aliphatic rings. The Morgan fingerprint density at radius 3 is 1.69 bits per heavy atom. The standard InChI is InChI=1S/C11H10N2O4S.C10H8.2C2H6/c1-12-13-10-9(18-17-16-15)6-7-4-2-3-5-8(7)11(10)14;1-2-6-10-8-4-3-7-9(10)5-1;2*1-2/h2-6,14-15H,1H3;1-8H;2*1-2H3. The van der Waals surface area contributed by atoms with Gasteiger partial charge in [0.05, 0.1) is 16.9 Å². The predicted molar refractivity (Wildman–Crippen MR) is 133 cm³/mol. The molecule has 4 aromatic carbocycles. The van der Waals surface area contributed by atoms with E-state index in [0.717, 1.165) is 17.4 Å². The second-order valence-corrected chi connectivity index (χ2v) is 6.41. The summed E-state index contributed by atoms with van der Waals surface area (Å²) in [6.07, 6.45) is 0. The molecule has 0 bridgehead atoms. The summed E-state index contributed by atoms with van der Waals surface area (Å²) in [7, 11) is 1.49. The van der Waals surface area contributed by atoms with E-state index in [0.29, 0.717) is 10.3 Å². The Kier molecular flexibility index (Phi) is 13.3. The number of hydrogen-bond donors (Lipinski definition) is 2. The third-order valence-corrected chi connectivity index (χ3v) is 4.59. The minimum atomic E-state index is 0.00254. The van der Waals surface area contributed by atoms with E-state index in [1.165, 1.54) is 17.8 Å². The van der Waals surface area contributed by atoms with E-state index >= 15 is 0 Å². The van der Waals surface area contributed by atoms with Crippen molar-refractivity contribution < 1.29 is 19.7 Å². The molecule has 0 amide bonds. The van der Waals surface area contributed by atoms with Crippen LogP contribution in [0.1, 0.15) is 27.7 Å². The maximum Gasteiger partial charge on any atom is 0.152 e. The first-order chi connectivity index (χ1) is 15.7. The van der Waals surface area contributed by atoms with Crippen LogP contribution in [0, 0.1) is 0 Å². The first-order valence-corrected chi connectivity index (χ1v) is 11.1. The van der Waals surface area contributed by atoms with Crippen LogP contribution in [0.2, 0.25) is 0 Å². The smallest absolute Gasteiger partial charge is 0.152 e. The van der Waals surface area contributed by atoms with Gasteiger partial charge in [-0.05, 0) is 22.2 Å². The highest BCUT2D eigenvalue weighted by Crippen LogP contribution is 2.43. The van der Waals surface area contributed by atoms with Crippen LogP contribution in [0.15, 0.2) is 94.0 Å². The summed E-state index contributed by atoms with van der Waals surface area (Å²) in [4.78, 5) is 0.478. The van der Waals surface area contributed by atoms with Crippen molar-refractivity contribution in [3.8, 4) is 5.75 Å². The summed E-state index contributed by atoms with van der Waals surface area (Å²) >= 11 is 0.730. The van der Waals surface area contributed by atoms with Gasteiger partial charge in [-0.1, -0.05) is 106 Å². The molecule has 0 heterocycles. The summed E-state index contributed by atoms with van der Waals surface area (Å²) in [5.41, 5.74) is 0.262. The lowest BCUT2D eigenvalue weighted by Crippen LogP contribution is -1.83. The molecule has 6 nitrogen and oxygen atoms in total. The average molecular weight is 455 g/mol. The molecule has 2 N–H and O–H groups in total. The van der Waals surface area contributed by atoms with Crippen LogP contribution in [0.3, 0.4) is 0 Å². The maximum atomic E-state index is 10.1. The minimum Gasteiger partial charge on any atom is -0.505 e. The quantitative estimate of drug-likeness (QED) is 0.140. The molecule has 0 unspecified atom stereocenters. The number of phenolic OH excluding ortho intramolecular Hbond substituents is 1. The molecule has 4 rings (SSSR count). The Labute approximate surface area is 193 Å². The molecule has 32 heavy (non-hydrogen) atoms. The highest BCUT2D eigenvalue weighted by atomic mass is 32.2. The van der Waals surface area contributed by atoms with Crippen LogP contribution < -0.4 is 0 Å². The minimum absolute atomic E-state index is 0.00254. The lowest BCUT2D eigenvalue weighted by atomic mass is 10.1. The van der Waals surface area contributed by atoms with E-state index in [1.54, 1.807) is 12.1 Å². The number of rotatable bonds is 4. The Bertz CT molecular complexity index is 1040. The van der Waals surface area contributed by atoms with Gasteiger partial charge in [0.15, 0.2) is 5.75 Å². The van der Waals surface area contributed by atoms with Gasteiger partial charge in [0, 0.05) is 12.4 Å². The molecule has 0 saturated heterocycles. The zero-order valence-electron chi connectivity index (χ0n) is 19.0. The van der Waals surface area contributed by atoms with Gasteiger partial charge in [-0.25, -0.2) is 5.26 Å². The highest BCUT2D eigenvalue weighted by molar-refractivity contribution is 7.94. The molecule has 0 spiro atoms. The van der Waals surface area contributed by atoms with Crippen molar-refractivity contribution >= 4 is 39.3 Å². The topological polar surface area (TPSA) is 83.6 Å². The molecule has 7 heteroatoms. The Balaban J connectivity index is 0.000000308. The number of fused-ring (bicyclic) bond motifs is 2. The van der Waals surface area contributed by atoms with Crippen molar-refractivity contribution in [2.75, 3.05) is 7.05 Å². The van der Waals surface area contributed by atoms with E-state index in [2.05, 4.69) is 68.1 Å². The highest BCUT2D eigenvalue weighted by Gasteiger charge is 2.14. The zero-order valence-corrected chi connectivity index (χ0v) is 19.8. The van der Waals surface area contributed by atoms with E-state index in [-0.39, 0.29) is 11.4 Å². The van der Waals surface area contributed by atoms with Crippen molar-refractivity contribution in [3.05, 3.63) is 78.9 Å². The summed E-state index contributed by atoms with van der Waals surface area (Å²) in [5, 5.41) is 33.4. The number of nitrogens with zero attached hydrogens (tertiary/aromatic N) is 2. The number of benzene rings is 4. The fourth-order valence-corrected chi connectivity index (χ4v) is 3.23. The van der Waals surface area contributed by atoms with Crippen molar-refractivity contribution in [2.45, 2.75) is 32.6 Å². The lowest BCUT2D eigenvalue weighted by Gasteiger charge is -2.08. The molecule has 0 atom stereocenters. The number of aromatic hydroxyl groups is 1. The first kappa shape index (κ1) is 27.1. The van der Waals surface area contributed by atoms with E-state index < -0.39 is 0 Å². The molecule has 0 fully saturated rings. The third kappa shape index (κ3) is 7.62. The van der Waals surface area contributed by atoms with Crippen LogP contribution in [-0.2, 0) is 9.37 Å². The van der Waals surface area contributed by atoms with Gasteiger partial charge in [0.1, 0.15) is 5.69 Å². The van der Waals surface area contributed by atoms with Gasteiger partial charge in [-0.3, -0.25) is 0 Å². The number of hydrogen-bond acceptors (Lipinski definition) is 7. The van der Waals surface area contributed by atoms with Gasteiger partial charge < -0.3 is 5.11 Å². The summed E-state index contributed by atoms with van der Waals surface area (Å²) in [6, 6.07) is 25.7. The molecule has 0 saturated carbocycles. The largest absolute Gasteiger partial charge is 0.505 e. The van der Waals surface area contributed by atoms with Crippen LogP contribution in [0.5, 0.6) is 5.75 Å². The van der Waals surface area contributed by atoms with E-state index in [4.69, 9.17) is 5.26 Å². The van der Waals surface area contributed by atoms with Gasteiger partial charge in [-0.15, -0.1) is 4.33 Å². The van der Waals surface area contributed by atoms with Crippen molar-refractivity contribution in [1.82, 2.24) is 0 Å². The van der Waals surface area contributed by atoms with Gasteiger partial charge in [0.2, 0.25) is 0 Å². The lowest BCUT2D eigenvalue weighted by molar-refractivity contribution is -0.432. The molecule has 0 aliphatic carbocycles. The van der Waals surface area contributed by atoms with Crippen molar-refractivity contribution in [1.29, 1.82) is 0 Å². The monoisotopic (exact) mass is 454 g/mol. The molecular weight excluding hydrogens is 424 g/mol. The Morgan fingerprint density at radius 1 is 0.750 bits per heavy atom. The van der Waals surface area contributed by atoms with Gasteiger partial charge >= 0.3 is 0 Å². The Morgan fingerprint density at radius 2 is 1.22 bits per heavy atom. The molecule has 0 aromatic heterocycles. The Hall–Kier alpha value is -2.97. The second kappa shape index (κ2) is 15.8.